The fourth-order valence-corrected chi connectivity index (χ4v) is 2.31. The molecule has 2 rings (SSSR count). The fourth-order valence-electron chi connectivity index (χ4n) is 2.31. The first kappa shape index (κ1) is 12.7. The van der Waals surface area contributed by atoms with E-state index < -0.39 is 0 Å². The van der Waals surface area contributed by atoms with Crippen molar-refractivity contribution in [1.82, 2.24) is 4.98 Å². The van der Waals surface area contributed by atoms with E-state index in [0.717, 1.165) is 23.9 Å². The number of nitrogen functional groups attached to an aromatic ring is 1. The predicted octanol–water partition coefficient (Wildman–Crippen LogP) is 3.65. The summed E-state index contributed by atoms with van der Waals surface area (Å²) in [6.45, 7) is 6.58. The number of hydrogen-bond donors (Lipinski definition) is 2. The van der Waals surface area contributed by atoms with E-state index in [0.29, 0.717) is 23.7 Å². The van der Waals surface area contributed by atoms with Gasteiger partial charge in [-0.05, 0) is 25.0 Å². The Morgan fingerprint density at radius 3 is 2.72 bits per heavy atom. The quantitative estimate of drug-likeness (QED) is 0.792. The van der Waals surface area contributed by atoms with E-state index in [-0.39, 0.29) is 0 Å². The summed E-state index contributed by atoms with van der Waals surface area (Å²) in [5, 5.41) is 3.33. The van der Waals surface area contributed by atoms with E-state index in [9.17, 15) is 0 Å². The molecule has 4 nitrogen and oxygen atoms in total. The molecule has 1 unspecified atom stereocenters. The van der Waals surface area contributed by atoms with Crippen LogP contribution < -0.4 is 11.1 Å². The van der Waals surface area contributed by atoms with Crippen LogP contribution >= 0.6 is 0 Å². The van der Waals surface area contributed by atoms with E-state index in [4.69, 9.17) is 10.2 Å². The van der Waals surface area contributed by atoms with Gasteiger partial charge in [-0.1, -0.05) is 26.7 Å². The molecule has 3 N–H and O–H groups in total. The van der Waals surface area contributed by atoms with Gasteiger partial charge in [-0.3, -0.25) is 0 Å². The van der Waals surface area contributed by atoms with Crippen LogP contribution in [0.3, 0.4) is 0 Å². The number of oxazole rings is 1. The van der Waals surface area contributed by atoms with E-state index in [1.807, 2.05) is 12.1 Å². The molecule has 0 radical (unpaired) electrons. The summed E-state index contributed by atoms with van der Waals surface area (Å²) in [7, 11) is 0. The maximum Gasteiger partial charge on any atom is 0.295 e. The number of benzene rings is 1. The molecule has 2 aromatic rings. The Kier molecular flexibility index (Phi) is 3.75. The zero-order valence-corrected chi connectivity index (χ0v) is 11.2. The Labute approximate surface area is 108 Å². The molecule has 0 aliphatic heterocycles. The number of aromatic nitrogens is 1. The molecular formula is C14H21N3O. The smallest absolute Gasteiger partial charge is 0.295 e. The summed E-state index contributed by atoms with van der Waals surface area (Å²) in [5.74, 6) is 0.630. The minimum atomic E-state index is 0.352. The second-order valence-electron chi connectivity index (χ2n) is 4.76. The highest BCUT2D eigenvalue weighted by molar-refractivity contribution is 5.78. The lowest BCUT2D eigenvalue weighted by Crippen LogP contribution is -2.25. The van der Waals surface area contributed by atoms with Crippen LogP contribution in [-0.2, 0) is 0 Å². The highest BCUT2D eigenvalue weighted by Crippen LogP contribution is 2.23. The number of hydrogen-bond acceptors (Lipinski definition) is 4. The summed E-state index contributed by atoms with van der Waals surface area (Å²) >= 11 is 0. The minimum absolute atomic E-state index is 0.352. The summed E-state index contributed by atoms with van der Waals surface area (Å²) in [6, 6.07) is 6.44. The maximum atomic E-state index is 5.72. The average molecular weight is 247 g/mol. The van der Waals surface area contributed by atoms with Gasteiger partial charge in [-0.15, -0.1) is 0 Å². The van der Waals surface area contributed by atoms with Gasteiger partial charge in [0.15, 0.2) is 5.58 Å². The van der Waals surface area contributed by atoms with Crippen LogP contribution in [0.1, 0.15) is 33.6 Å². The minimum Gasteiger partial charge on any atom is -0.423 e. The molecule has 0 amide bonds. The number of nitrogens with zero attached hydrogens (tertiary/aromatic N) is 1. The van der Waals surface area contributed by atoms with Crippen molar-refractivity contribution in [2.24, 2.45) is 5.92 Å². The van der Waals surface area contributed by atoms with Gasteiger partial charge in [0.2, 0.25) is 0 Å². The monoisotopic (exact) mass is 247 g/mol. The summed E-state index contributed by atoms with van der Waals surface area (Å²) in [6.07, 6.45) is 2.30. The third-order valence-electron chi connectivity index (χ3n) is 3.52. The fraction of sp³-hybridized carbons (Fsp3) is 0.500. The van der Waals surface area contributed by atoms with Crippen molar-refractivity contribution in [2.75, 3.05) is 11.1 Å². The van der Waals surface area contributed by atoms with Crippen molar-refractivity contribution in [3.63, 3.8) is 0 Å². The number of rotatable bonds is 5. The van der Waals surface area contributed by atoms with Crippen LogP contribution in [0.15, 0.2) is 22.6 Å². The average Bonchev–Trinajstić information content (AvgIpc) is 2.71. The van der Waals surface area contributed by atoms with Crippen molar-refractivity contribution < 1.29 is 4.42 Å². The second kappa shape index (κ2) is 5.29. The van der Waals surface area contributed by atoms with E-state index in [1.54, 1.807) is 6.07 Å². The molecule has 0 saturated carbocycles. The molecule has 18 heavy (non-hydrogen) atoms. The van der Waals surface area contributed by atoms with E-state index in [2.05, 4.69) is 31.1 Å². The van der Waals surface area contributed by atoms with Crippen LogP contribution in [0.2, 0.25) is 0 Å². The van der Waals surface area contributed by atoms with Gasteiger partial charge in [-0.2, -0.15) is 4.98 Å². The first-order chi connectivity index (χ1) is 8.63. The summed E-state index contributed by atoms with van der Waals surface area (Å²) in [5.41, 5.74) is 7.98. The third kappa shape index (κ3) is 2.58. The van der Waals surface area contributed by atoms with Gasteiger partial charge in [0, 0.05) is 17.8 Å². The largest absolute Gasteiger partial charge is 0.423 e. The first-order valence-electron chi connectivity index (χ1n) is 6.56. The zero-order chi connectivity index (χ0) is 13.1. The molecule has 0 bridgehead atoms. The standard InChI is InChI=1S/C14H21N3O/c1-4-10(5-2)9(3)16-14-17-12-7-6-11(15)8-13(12)18-14/h6-10H,4-5,15H2,1-3H3,(H,16,17). The molecule has 0 spiro atoms. The molecule has 1 atom stereocenters. The Morgan fingerprint density at radius 1 is 1.33 bits per heavy atom. The Hall–Kier alpha value is -1.71. The van der Waals surface area contributed by atoms with Crippen molar-refractivity contribution in [3.8, 4) is 0 Å². The Bertz CT molecular complexity index is 517. The van der Waals surface area contributed by atoms with Crippen LogP contribution in [0.25, 0.3) is 11.1 Å². The molecule has 1 heterocycles. The number of nitrogens with two attached hydrogens (primary N) is 1. The van der Waals surface area contributed by atoms with Crippen LogP contribution in [-0.4, -0.2) is 11.0 Å². The molecule has 4 heteroatoms. The van der Waals surface area contributed by atoms with Gasteiger partial charge in [0.25, 0.3) is 6.01 Å². The van der Waals surface area contributed by atoms with Gasteiger partial charge < -0.3 is 15.5 Å². The Balaban J connectivity index is 2.16. The topological polar surface area (TPSA) is 64.1 Å². The van der Waals surface area contributed by atoms with Gasteiger partial charge in [0.05, 0.1) is 0 Å². The van der Waals surface area contributed by atoms with E-state index in [1.165, 1.54) is 0 Å². The van der Waals surface area contributed by atoms with Crippen molar-refractivity contribution in [3.05, 3.63) is 18.2 Å². The van der Waals surface area contributed by atoms with E-state index >= 15 is 0 Å². The molecule has 0 saturated heterocycles. The third-order valence-corrected chi connectivity index (χ3v) is 3.52. The van der Waals surface area contributed by atoms with Gasteiger partial charge in [-0.25, -0.2) is 0 Å². The number of nitrogens with one attached hydrogen (secondary N) is 1. The van der Waals surface area contributed by atoms with Gasteiger partial charge >= 0.3 is 0 Å². The van der Waals surface area contributed by atoms with Crippen LogP contribution in [0, 0.1) is 5.92 Å². The van der Waals surface area contributed by atoms with Crippen molar-refractivity contribution in [2.45, 2.75) is 39.7 Å². The van der Waals surface area contributed by atoms with Crippen LogP contribution in [0.5, 0.6) is 0 Å². The zero-order valence-electron chi connectivity index (χ0n) is 11.2. The lowest BCUT2D eigenvalue weighted by molar-refractivity contribution is 0.428. The maximum absolute atomic E-state index is 5.72. The summed E-state index contributed by atoms with van der Waals surface area (Å²) < 4.78 is 5.66. The normalized spacial score (nSPS) is 13.1. The molecule has 1 aromatic heterocycles. The number of fused-ring (bicyclic) bond motifs is 1. The highest BCUT2D eigenvalue weighted by atomic mass is 16.4. The number of anilines is 2. The SMILES string of the molecule is CCC(CC)C(C)Nc1nc2ccc(N)cc2o1. The summed E-state index contributed by atoms with van der Waals surface area (Å²) in [4.78, 5) is 4.41. The van der Waals surface area contributed by atoms with Crippen molar-refractivity contribution >= 4 is 22.8 Å². The molecule has 0 aliphatic rings. The van der Waals surface area contributed by atoms with Crippen molar-refractivity contribution in [1.29, 1.82) is 0 Å². The lowest BCUT2D eigenvalue weighted by Gasteiger charge is -2.21. The second-order valence-corrected chi connectivity index (χ2v) is 4.76. The molecular weight excluding hydrogens is 226 g/mol. The Morgan fingerprint density at radius 2 is 2.06 bits per heavy atom. The highest BCUT2D eigenvalue weighted by Gasteiger charge is 2.15. The molecule has 98 valence electrons. The molecule has 1 aromatic carbocycles. The lowest BCUT2D eigenvalue weighted by atomic mass is 9.96. The van der Waals surface area contributed by atoms with Crippen LogP contribution in [0.4, 0.5) is 11.7 Å². The molecule has 0 aliphatic carbocycles. The molecule has 0 fully saturated rings. The predicted molar refractivity (Wildman–Crippen MR) is 75.6 cm³/mol. The van der Waals surface area contributed by atoms with Gasteiger partial charge in [0.1, 0.15) is 5.52 Å². The first-order valence-corrected chi connectivity index (χ1v) is 6.56.